The topological polar surface area (TPSA) is 67.9 Å². The van der Waals surface area contributed by atoms with E-state index in [1.165, 1.54) is 0 Å². The number of ether oxygens (including phenoxy) is 2. The Labute approximate surface area is 162 Å². The lowest BCUT2D eigenvalue weighted by molar-refractivity contribution is -0.117. The van der Waals surface area contributed by atoms with E-state index in [4.69, 9.17) is 21.1 Å². The van der Waals surface area contributed by atoms with Gasteiger partial charge in [0.15, 0.2) is 11.5 Å². The number of amides is 2. The van der Waals surface area contributed by atoms with Crippen molar-refractivity contribution in [3.8, 4) is 11.5 Å². The number of hydrogen-bond donors (Lipinski definition) is 1. The van der Waals surface area contributed by atoms with E-state index in [1.807, 2.05) is 6.07 Å². The molecule has 0 aromatic heterocycles. The van der Waals surface area contributed by atoms with Crippen LogP contribution in [0.2, 0.25) is 5.02 Å². The van der Waals surface area contributed by atoms with Gasteiger partial charge in [0.25, 0.3) is 5.91 Å². The second-order valence-electron chi connectivity index (χ2n) is 6.48. The van der Waals surface area contributed by atoms with Crippen LogP contribution < -0.4 is 19.7 Å². The molecule has 2 aromatic carbocycles. The third kappa shape index (κ3) is 3.71. The third-order valence-electron chi connectivity index (χ3n) is 4.58. The number of nitrogens with one attached hydrogen (secondary N) is 1. The summed E-state index contributed by atoms with van der Waals surface area (Å²) in [6.07, 6.45) is 2.17. The van der Waals surface area contributed by atoms with Gasteiger partial charge in [0.1, 0.15) is 0 Å². The van der Waals surface area contributed by atoms with E-state index < -0.39 is 0 Å². The van der Waals surface area contributed by atoms with Crippen molar-refractivity contribution in [1.82, 2.24) is 0 Å². The summed E-state index contributed by atoms with van der Waals surface area (Å²) in [7, 11) is 0. The lowest BCUT2D eigenvalue weighted by Gasteiger charge is -2.17. The summed E-state index contributed by atoms with van der Waals surface area (Å²) in [4.78, 5) is 26.3. The molecule has 1 saturated heterocycles. The Morgan fingerprint density at radius 3 is 2.59 bits per heavy atom. The van der Waals surface area contributed by atoms with Crippen LogP contribution in [0.3, 0.4) is 0 Å². The van der Waals surface area contributed by atoms with E-state index >= 15 is 0 Å². The fraction of sp³-hybridized carbons (Fsp3) is 0.300. The van der Waals surface area contributed by atoms with Crippen molar-refractivity contribution in [2.45, 2.75) is 19.3 Å². The predicted octanol–water partition coefficient (Wildman–Crippen LogP) is 3.88. The van der Waals surface area contributed by atoms with Crippen LogP contribution in [-0.4, -0.2) is 31.6 Å². The number of carbonyl (C=O) groups is 2. The van der Waals surface area contributed by atoms with Gasteiger partial charge in [0.2, 0.25) is 5.91 Å². The Hall–Kier alpha value is -2.73. The van der Waals surface area contributed by atoms with E-state index in [2.05, 4.69) is 5.32 Å². The zero-order valence-corrected chi connectivity index (χ0v) is 15.4. The number of nitrogens with zero attached hydrogens (tertiary/aromatic N) is 1. The van der Waals surface area contributed by atoms with Gasteiger partial charge in [-0.1, -0.05) is 17.7 Å². The molecule has 27 heavy (non-hydrogen) atoms. The molecule has 2 aliphatic heterocycles. The minimum atomic E-state index is -0.306. The van der Waals surface area contributed by atoms with Gasteiger partial charge in [-0.15, -0.1) is 0 Å². The Morgan fingerprint density at radius 2 is 1.85 bits per heavy atom. The fourth-order valence-corrected chi connectivity index (χ4v) is 3.41. The molecule has 1 N–H and O–H groups in total. The number of rotatable bonds is 3. The molecule has 140 valence electrons. The molecule has 0 saturated carbocycles. The molecule has 2 aliphatic rings. The molecule has 0 aliphatic carbocycles. The van der Waals surface area contributed by atoms with Crippen molar-refractivity contribution in [3.63, 3.8) is 0 Å². The first-order valence-corrected chi connectivity index (χ1v) is 9.30. The summed E-state index contributed by atoms with van der Waals surface area (Å²) >= 11 is 6.30. The van der Waals surface area contributed by atoms with Crippen LogP contribution in [0.4, 0.5) is 11.4 Å². The summed E-state index contributed by atoms with van der Waals surface area (Å²) in [5.41, 5.74) is 1.64. The zero-order chi connectivity index (χ0) is 18.8. The molecule has 0 unspecified atom stereocenters. The van der Waals surface area contributed by atoms with Gasteiger partial charge in [-0.05, 0) is 24.6 Å². The lowest BCUT2D eigenvalue weighted by atomic mass is 10.1. The minimum absolute atomic E-state index is 0.0819. The third-order valence-corrected chi connectivity index (χ3v) is 4.89. The molecule has 7 heteroatoms. The molecule has 2 aromatic rings. The number of anilines is 2. The number of carbonyl (C=O) groups excluding carboxylic acids is 2. The van der Waals surface area contributed by atoms with Crippen LogP contribution >= 0.6 is 11.6 Å². The molecule has 2 amide bonds. The van der Waals surface area contributed by atoms with Crippen molar-refractivity contribution in [2.24, 2.45) is 0 Å². The quantitative estimate of drug-likeness (QED) is 0.869. The molecule has 0 spiro atoms. The Bertz CT molecular complexity index is 900. The van der Waals surface area contributed by atoms with Crippen molar-refractivity contribution in [3.05, 3.63) is 47.0 Å². The highest BCUT2D eigenvalue weighted by molar-refractivity contribution is 6.34. The average Bonchev–Trinajstić information content (AvgIpc) is 2.97. The first-order chi connectivity index (χ1) is 13.1. The van der Waals surface area contributed by atoms with Gasteiger partial charge in [-0.2, -0.15) is 0 Å². The molecule has 6 nitrogen and oxygen atoms in total. The SMILES string of the molecule is O=C(Nc1cc2c(cc1Cl)OCCCO2)c1cccc(N2CCCC2=O)c1. The number of fused-ring (bicyclic) bond motifs is 1. The Kier molecular flexibility index (Phi) is 4.90. The molecular weight excluding hydrogens is 368 g/mol. The predicted molar refractivity (Wildman–Crippen MR) is 103 cm³/mol. The van der Waals surface area contributed by atoms with Crippen LogP contribution in [0.5, 0.6) is 11.5 Å². The molecule has 4 rings (SSSR count). The highest BCUT2D eigenvalue weighted by atomic mass is 35.5. The molecule has 1 fully saturated rings. The Balaban J connectivity index is 1.56. The normalized spacial score (nSPS) is 16.2. The monoisotopic (exact) mass is 386 g/mol. The Morgan fingerprint density at radius 1 is 1.07 bits per heavy atom. The maximum Gasteiger partial charge on any atom is 0.255 e. The number of hydrogen-bond acceptors (Lipinski definition) is 4. The van der Waals surface area contributed by atoms with Gasteiger partial charge in [-0.3, -0.25) is 9.59 Å². The second-order valence-corrected chi connectivity index (χ2v) is 6.89. The second kappa shape index (κ2) is 7.48. The van der Waals surface area contributed by atoms with E-state index in [0.29, 0.717) is 54.0 Å². The molecule has 2 heterocycles. The van der Waals surface area contributed by atoms with Gasteiger partial charge in [-0.25, -0.2) is 0 Å². The maximum absolute atomic E-state index is 12.7. The molecule has 0 atom stereocenters. The number of halogens is 1. The average molecular weight is 387 g/mol. The van der Waals surface area contributed by atoms with Gasteiger partial charge in [0, 0.05) is 42.8 Å². The van der Waals surface area contributed by atoms with Crippen molar-refractivity contribution in [2.75, 3.05) is 30.0 Å². The summed E-state index contributed by atoms with van der Waals surface area (Å²) < 4.78 is 11.2. The van der Waals surface area contributed by atoms with Crippen LogP contribution in [0.1, 0.15) is 29.6 Å². The van der Waals surface area contributed by atoms with Crippen molar-refractivity contribution >= 4 is 34.8 Å². The fourth-order valence-electron chi connectivity index (χ4n) is 3.21. The van der Waals surface area contributed by atoms with Crippen LogP contribution in [0, 0.1) is 0 Å². The van der Waals surface area contributed by atoms with Crippen molar-refractivity contribution < 1.29 is 19.1 Å². The molecular formula is C20H19ClN2O4. The molecule has 0 radical (unpaired) electrons. The van der Waals surface area contributed by atoms with E-state index in [1.54, 1.807) is 35.2 Å². The van der Waals surface area contributed by atoms with Crippen molar-refractivity contribution in [1.29, 1.82) is 0 Å². The first kappa shape index (κ1) is 17.7. The highest BCUT2D eigenvalue weighted by Gasteiger charge is 2.22. The smallest absolute Gasteiger partial charge is 0.255 e. The summed E-state index contributed by atoms with van der Waals surface area (Å²) in [6, 6.07) is 10.4. The van der Waals surface area contributed by atoms with Gasteiger partial charge >= 0.3 is 0 Å². The zero-order valence-electron chi connectivity index (χ0n) is 14.7. The summed E-state index contributed by atoms with van der Waals surface area (Å²) in [6.45, 7) is 1.79. The maximum atomic E-state index is 12.7. The van der Waals surface area contributed by atoms with E-state index in [0.717, 1.165) is 18.5 Å². The number of benzene rings is 2. The van der Waals surface area contributed by atoms with Gasteiger partial charge < -0.3 is 19.7 Å². The largest absolute Gasteiger partial charge is 0.490 e. The standard InChI is InChI=1S/C20H19ClN2O4/c21-15-11-17-18(27-9-3-8-26-17)12-16(15)22-20(25)13-4-1-5-14(10-13)23-7-2-6-19(23)24/h1,4-5,10-12H,2-3,6-9H2,(H,22,25). The van der Waals surface area contributed by atoms with E-state index in [-0.39, 0.29) is 11.8 Å². The van der Waals surface area contributed by atoms with Gasteiger partial charge in [0.05, 0.1) is 23.9 Å². The van der Waals surface area contributed by atoms with Crippen LogP contribution in [-0.2, 0) is 4.79 Å². The van der Waals surface area contributed by atoms with Crippen LogP contribution in [0.15, 0.2) is 36.4 Å². The minimum Gasteiger partial charge on any atom is -0.490 e. The summed E-state index contributed by atoms with van der Waals surface area (Å²) in [5, 5.41) is 3.19. The molecule has 0 bridgehead atoms. The summed E-state index contributed by atoms with van der Waals surface area (Å²) in [5.74, 6) is 0.909. The van der Waals surface area contributed by atoms with E-state index in [9.17, 15) is 9.59 Å². The first-order valence-electron chi connectivity index (χ1n) is 8.93. The highest BCUT2D eigenvalue weighted by Crippen LogP contribution is 2.38. The lowest BCUT2D eigenvalue weighted by Crippen LogP contribution is -2.24. The van der Waals surface area contributed by atoms with Crippen LogP contribution in [0.25, 0.3) is 0 Å².